The van der Waals surface area contributed by atoms with Crippen molar-refractivity contribution in [2.75, 3.05) is 14.2 Å². The van der Waals surface area contributed by atoms with Crippen LogP contribution in [-0.2, 0) is 12.8 Å². The molecular formula is C17H18O3. The molecule has 0 radical (unpaired) electrons. The van der Waals surface area contributed by atoms with Gasteiger partial charge in [-0.2, -0.15) is 0 Å². The molecule has 3 rings (SSSR count). The predicted octanol–water partition coefficient (Wildman–Crippen LogP) is 3.25. The Morgan fingerprint density at radius 2 is 1.35 bits per heavy atom. The lowest BCUT2D eigenvalue weighted by Gasteiger charge is -2.13. The Balaban J connectivity index is 1.68. The van der Waals surface area contributed by atoms with Crippen molar-refractivity contribution in [2.45, 2.75) is 18.9 Å². The molecular weight excluding hydrogens is 252 g/mol. The van der Waals surface area contributed by atoms with Gasteiger partial charge in [0.15, 0.2) is 0 Å². The van der Waals surface area contributed by atoms with Crippen molar-refractivity contribution < 1.29 is 14.2 Å². The van der Waals surface area contributed by atoms with E-state index in [1.54, 1.807) is 14.2 Å². The summed E-state index contributed by atoms with van der Waals surface area (Å²) in [7, 11) is 3.36. The van der Waals surface area contributed by atoms with Crippen LogP contribution in [0, 0.1) is 0 Å². The summed E-state index contributed by atoms with van der Waals surface area (Å²) in [5, 5.41) is 0. The predicted molar refractivity (Wildman–Crippen MR) is 77.8 cm³/mol. The monoisotopic (exact) mass is 270 g/mol. The van der Waals surface area contributed by atoms with E-state index in [1.165, 1.54) is 11.1 Å². The second kappa shape index (κ2) is 5.45. The van der Waals surface area contributed by atoms with Crippen LogP contribution in [0.3, 0.4) is 0 Å². The fourth-order valence-corrected chi connectivity index (χ4v) is 2.61. The molecule has 20 heavy (non-hydrogen) atoms. The van der Waals surface area contributed by atoms with Gasteiger partial charge in [0, 0.05) is 12.8 Å². The van der Waals surface area contributed by atoms with E-state index in [1.807, 2.05) is 30.3 Å². The van der Waals surface area contributed by atoms with Crippen molar-refractivity contribution in [3.05, 3.63) is 53.6 Å². The molecule has 0 saturated carbocycles. The van der Waals surface area contributed by atoms with Crippen LogP contribution >= 0.6 is 0 Å². The second-order valence-corrected chi connectivity index (χ2v) is 4.96. The molecule has 0 aromatic heterocycles. The molecule has 3 nitrogen and oxygen atoms in total. The van der Waals surface area contributed by atoms with Gasteiger partial charge in [-0.15, -0.1) is 0 Å². The SMILES string of the molecule is COc1ccc(OC2Cc3ccc(OC)cc3C2)cc1. The van der Waals surface area contributed by atoms with Gasteiger partial charge in [-0.05, 0) is 47.5 Å². The van der Waals surface area contributed by atoms with Gasteiger partial charge in [0.1, 0.15) is 23.4 Å². The summed E-state index contributed by atoms with van der Waals surface area (Å²) in [5.41, 5.74) is 2.67. The summed E-state index contributed by atoms with van der Waals surface area (Å²) in [6, 6.07) is 14.0. The zero-order chi connectivity index (χ0) is 13.9. The molecule has 0 amide bonds. The molecule has 0 spiro atoms. The highest BCUT2D eigenvalue weighted by atomic mass is 16.5. The quantitative estimate of drug-likeness (QED) is 0.853. The lowest BCUT2D eigenvalue weighted by atomic mass is 10.1. The summed E-state index contributed by atoms with van der Waals surface area (Å²) in [6.07, 6.45) is 2.08. The van der Waals surface area contributed by atoms with Crippen LogP contribution in [0.5, 0.6) is 17.2 Å². The van der Waals surface area contributed by atoms with Crippen molar-refractivity contribution in [2.24, 2.45) is 0 Å². The van der Waals surface area contributed by atoms with Crippen LogP contribution in [0.4, 0.5) is 0 Å². The third-order valence-electron chi connectivity index (χ3n) is 3.67. The molecule has 104 valence electrons. The Kier molecular flexibility index (Phi) is 3.50. The van der Waals surface area contributed by atoms with Gasteiger partial charge in [0.2, 0.25) is 0 Å². The summed E-state index contributed by atoms with van der Waals surface area (Å²) < 4.78 is 16.4. The van der Waals surface area contributed by atoms with Crippen LogP contribution in [0.15, 0.2) is 42.5 Å². The molecule has 0 heterocycles. The van der Waals surface area contributed by atoms with E-state index in [0.29, 0.717) is 0 Å². The molecule has 0 aliphatic heterocycles. The van der Waals surface area contributed by atoms with E-state index in [4.69, 9.17) is 14.2 Å². The highest BCUT2D eigenvalue weighted by molar-refractivity contribution is 5.40. The molecule has 2 aromatic rings. The maximum atomic E-state index is 6.03. The Morgan fingerprint density at radius 3 is 2.05 bits per heavy atom. The van der Waals surface area contributed by atoms with E-state index < -0.39 is 0 Å². The first kappa shape index (κ1) is 12.9. The molecule has 0 saturated heterocycles. The molecule has 1 atom stereocenters. The molecule has 0 fully saturated rings. The highest BCUT2D eigenvalue weighted by Gasteiger charge is 2.23. The standard InChI is InChI=1S/C17H18O3/c1-18-14-5-7-15(8-6-14)20-17-9-12-3-4-16(19-2)10-13(12)11-17/h3-8,10,17H,9,11H2,1-2H3. The van der Waals surface area contributed by atoms with Crippen LogP contribution in [-0.4, -0.2) is 20.3 Å². The van der Waals surface area contributed by atoms with Crippen LogP contribution in [0.2, 0.25) is 0 Å². The van der Waals surface area contributed by atoms with Crippen LogP contribution < -0.4 is 14.2 Å². The minimum Gasteiger partial charge on any atom is -0.497 e. The van der Waals surface area contributed by atoms with E-state index >= 15 is 0 Å². The minimum atomic E-state index is 0.200. The Hall–Kier alpha value is -2.16. The van der Waals surface area contributed by atoms with Gasteiger partial charge in [-0.3, -0.25) is 0 Å². The maximum Gasteiger partial charge on any atom is 0.120 e. The number of fused-ring (bicyclic) bond motifs is 1. The van der Waals surface area contributed by atoms with E-state index in [0.717, 1.165) is 30.1 Å². The van der Waals surface area contributed by atoms with Gasteiger partial charge in [-0.1, -0.05) is 6.07 Å². The van der Waals surface area contributed by atoms with Gasteiger partial charge >= 0.3 is 0 Å². The number of hydrogen-bond acceptors (Lipinski definition) is 3. The second-order valence-electron chi connectivity index (χ2n) is 4.96. The summed E-state index contributed by atoms with van der Waals surface area (Å²) in [5.74, 6) is 2.64. The Morgan fingerprint density at radius 1 is 0.750 bits per heavy atom. The zero-order valence-electron chi connectivity index (χ0n) is 11.8. The van der Waals surface area contributed by atoms with Crippen molar-refractivity contribution in [3.8, 4) is 17.2 Å². The Labute approximate surface area is 119 Å². The smallest absolute Gasteiger partial charge is 0.120 e. The third kappa shape index (κ3) is 2.57. The first-order valence-corrected chi connectivity index (χ1v) is 6.75. The molecule has 0 N–H and O–H groups in total. The Bertz CT molecular complexity index is 590. The third-order valence-corrected chi connectivity index (χ3v) is 3.67. The maximum absolute atomic E-state index is 6.03. The van der Waals surface area contributed by atoms with Crippen molar-refractivity contribution >= 4 is 0 Å². The number of rotatable bonds is 4. The zero-order valence-corrected chi connectivity index (χ0v) is 11.8. The number of methoxy groups -OCH3 is 2. The molecule has 3 heteroatoms. The molecule has 1 aliphatic rings. The van der Waals surface area contributed by atoms with Gasteiger partial charge in [-0.25, -0.2) is 0 Å². The van der Waals surface area contributed by atoms with Gasteiger partial charge in [0.25, 0.3) is 0 Å². The van der Waals surface area contributed by atoms with Gasteiger partial charge in [0.05, 0.1) is 14.2 Å². The van der Waals surface area contributed by atoms with Crippen molar-refractivity contribution in [1.29, 1.82) is 0 Å². The lowest BCUT2D eigenvalue weighted by molar-refractivity contribution is 0.213. The highest BCUT2D eigenvalue weighted by Crippen LogP contribution is 2.29. The number of ether oxygens (including phenoxy) is 3. The van der Waals surface area contributed by atoms with Crippen LogP contribution in [0.1, 0.15) is 11.1 Å². The number of benzene rings is 2. The van der Waals surface area contributed by atoms with Crippen molar-refractivity contribution in [1.82, 2.24) is 0 Å². The van der Waals surface area contributed by atoms with Gasteiger partial charge < -0.3 is 14.2 Å². The normalized spacial score (nSPS) is 16.6. The summed E-state index contributed by atoms with van der Waals surface area (Å²) >= 11 is 0. The summed E-state index contributed by atoms with van der Waals surface area (Å²) in [4.78, 5) is 0. The molecule has 0 bridgehead atoms. The molecule has 1 unspecified atom stereocenters. The van der Waals surface area contributed by atoms with Crippen LogP contribution in [0.25, 0.3) is 0 Å². The first-order chi connectivity index (χ1) is 9.78. The lowest BCUT2D eigenvalue weighted by Crippen LogP contribution is -2.16. The average Bonchev–Trinajstić information content (AvgIpc) is 2.89. The molecule has 2 aromatic carbocycles. The summed E-state index contributed by atoms with van der Waals surface area (Å²) in [6.45, 7) is 0. The average molecular weight is 270 g/mol. The largest absolute Gasteiger partial charge is 0.497 e. The van der Waals surface area contributed by atoms with E-state index in [-0.39, 0.29) is 6.10 Å². The number of hydrogen-bond donors (Lipinski definition) is 0. The fourth-order valence-electron chi connectivity index (χ4n) is 2.61. The topological polar surface area (TPSA) is 27.7 Å². The first-order valence-electron chi connectivity index (χ1n) is 6.75. The fraction of sp³-hybridized carbons (Fsp3) is 0.294. The van der Waals surface area contributed by atoms with E-state index in [9.17, 15) is 0 Å². The van der Waals surface area contributed by atoms with Crippen molar-refractivity contribution in [3.63, 3.8) is 0 Å². The minimum absolute atomic E-state index is 0.200. The molecule has 1 aliphatic carbocycles. The van der Waals surface area contributed by atoms with E-state index in [2.05, 4.69) is 12.1 Å².